The van der Waals surface area contributed by atoms with Gasteiger partial charge in [-0.1, -0.05) is 51.2 Å². The molecule has 0 aliphatic carbocycles. The smallest absolute Gasteiger partial charge is 0.221 e. The summed E-state index contributed by atoms with van der Waals surface area (Å²) in [6, 6.07) is 6.67. The molecule has 0 bridgehead atoms. The Labute approximate surface area is 116 Å². The minimum Gasteiger partial charge on any atom is -0.494 e. The van der Waals surface area contributed by atoms with Gasteiger partial charge in [-0.05, 0) is 24.1 Å². The number of unbranched alkanes of at least 4 members (excludes halogenated alkanes) is 5. The molecule has 1 aromatic rings. The maximum atomic E-state index is 10.4. The second-order valence-corrected chi connectivity index (χ2v) is 4.78. The third-order valence-electron chi connectivity index (χ3n) is 3.13. The summed E-state index contributed by atoms with van der Waals surface area (Å²) in [6.45, 7) is 2.97. The zero-order valence-electron chi connectivity index (χ0n) is 11.7. The number of hydrogen-bond donors (Lipinski definition) is 1. The quantitative estimate of drug-likeness (QED) is 0.656. The summed E-state index contributed by atoms with van der Waals surface area (Å²) in [5.74, 6) is 0.829. The van der Waals surface area contributed by atoms with E-state index >= 15 is 0 Å². The Morgan fingerprint density at radius 2 is 1.74 bits per heavy atom. The van der Waals surface area contributed by atoms with Gasteiger partial charge in [-0.15, -0.1) is 0 Å². The van der Waals surface area contributed by atoms with Gasteiger partial charge in [0.05, 0.1) is 12.6 Å². The van der Waals surface area contributed by atoms with Gasteiger partial charge in [-0.3, -0.25) is 4.79 Å². The highest BCUT2D eigenvalue weighted by atomic mass is 16.5. The second-order valence-electron chi connectivity index (χ2n) is 4.78. The lowest BCUT2D eigenvalue weighted by Gasteiger charge is -2.08. The summed E-state index contributed by atoms with van der Waals surface area (Å²) >= 11 is 0. The third-order valence-corrected chi connectivity index (χ3v) is 3.13. The Kier molecular flexibility index (Phi) is 7.91. The summed E-state index contributed by atoms with van der Waals surface area (Å²) < 4.78 is 5.64. The molecule has 2 N–H and O–H groups in total. The van der Waals surface area contributed by atoms with Crippen LogP contribution in [0.4, 0.5) is 0 Å². The zero-order valence-corrected chi connectivity index (χ0v) is 11.7. The zero-order chi connectivity index (χ0) is 13.9. The average Bonchev–Trinajstić information content (AvgIpc) is 2.46. The standard InChI is InChI=1S/C16H24NO2/c1-2-3-4-5-6-7-12-19-15-10-8-14(9-11-15)16(17)13-18/h8-11,16H,2-7,12,17H2,1H3. The molecule has 0 spiro atoms. The third kappa shape index (κ3) is 6.39. The van der Waals surface area contributed by atoms with E-state index in [-0.39, 0.29) is 0 Å². The van der Waals surface area contributed by atoms with Crippen LogP contribution in [-0.4, -0.2) is 12.9 Å². The molecule has 0 heterocycles. The number of benzene rings is 1. The molecule has 0 saturated carbocycles. The van der Waals surface area contributed by atoms with Gasteiger partial charge in [0.15, 0.2) is 0 Å². The first-order valence-corrected chi connectivity index (χ1v) is 7.14. The predicted molar refractivity (Wildman–Crippen MR) is 77.9 cm³/mol. The molecule has 3 nitrogen and oxygen atoms in total. The molecule has 105 valence electrons. The van der Waals surface area contributed by atoms with Crippen molar-refractivity contribution in [2.75, 3.05) is 6.61 Å². The molecule has 0 saturated heterocycles. The van der Waals surface area contributed by atoms with Gasteiger partial charge in [-0.2, -0.15) is 0 Å². The number of hydrogen-bond acceptors (Lipinski definition) is 3. The molecule has 0 amide bonds. The van der Waals surface area contributed by atoms with Crippen molar-refractivity contribution >= 4 is 6.29 Å². The summed E-state index contributed by atoms with van der Waals surface area (Å²) in [5.41, 5.74) is 6.33. The van der Waals surface area contributed by atoms with Gasteiger partial charge in [0.2, 0.25) is 6.29 Å². The van der Waals surface area contributed by atoms with Crippen molar-refractivity contribution in [2.45, 2.75) is 51.5 Å². The van der Waals surface area contributed by atoms with Crippen LogP contribution in [0.25, 0.3) is 0 Å². The first-order chi connectivity index (χ1) is 9.27. The first kappa shape index (κ1) is 15.7. The van der Waals surface area contributed by atoms with Crippen LogP contribution in [0.15, 0.2) is 24.3 Å². The van der Waals surface area contributed by atoms with E-state index in [9.17, 15) is 4.79 Å². The van der Waals surface area contributed by atoms with Crippen LogP contribution in [0, 0.1) is 0 Å². The van der Waals surface area contributed by atoms with E-state index in [1.54, 1.807) is 6.29 Å². The van der Waals surface area contributed by atoms with Crippen LogP contribution in [-0.2, 0) is 4.79 Å². The van der Waals surface area contributed by atoms with Crippen molar-refractivity contribution in [3.63, 3.8) is 0 Å². The van der Waals surface area contributed by atoms with Crippen LogP contribution in [0.2, 0.25) is 0 Å². The second kappa shape index (κ2) is 9.56. The van der Waals surface area contributed by atoms with Crippen molar-refractivity contribution < 1.29 is 9.53 Å². The average molecular weight is 262 g/mol. The molecule has 1 atom stereocenters. The van der Waals surface area contributed by atoms with Gasteiger partial charge in [0.1, 0.15) is 5.75 Å². The minimum atomic E-state index is -0.660. The molecular formula is C16H24NO2. The largest absolute Gasteiger partial charge is 0.494 e. The minimum absolute atomic E-state index is 0.660. The highest BCUT2D eigenvalue weighted by Crippen LogP contribution is 2.16. The van der Waals surface area contributed by atoms with Gasteiger partial charge in [0, 0.05) is 0 Å². The predicted octanol–water partition coefficient (Wildman–Crippen LogP) is 3.54. The van der Waals surface area contributed by atoms with Crippen molar-refractivity contribution in [3.05, 3.63) is 29.8 Å². The van der Waals surface area contributed by atoms with E-state index in [1.807, 2.05) is 24.3 Å². The van der Waals surface area contributed by atoms with Crippen LogP contribution < -0.4 is 10.5 Å². The molecule has 0 fully saturated rings. The number of rotatable bonds is 10. The van der Waals surface area contributed by atoms with Crippen LogP contribution in [0.1, 0.15) is 57.1 Å². The lowest BCUT2D eigenvalue weighted by molar-refractivity contribution is 0.304. The Morgan fingerprint density at radius 1 is 1.11 bits per heavy atom. The molecule has 3 heteroatoms. The normalized spacial score (nSPS) is 12.1. The van der Waals surface area contributed by atoms with Crippen molar-refractivity contribution in [1.29, 1.82) is 0 Å². The monoisotopic (exact) mass is 262 g/mol. The van der Waals surface area contributed by atoms with E-state index in [0.717, 1.165) is 24.3 Å². The van der Waals surface area contributed by atoms with Crippen LogP contribution >= 0.6 is 0 Å². The SMILES string of the molecule is CCCCCCCCOc1ccc(C(N)[C]=O)cc1. The topological polar surface area (TPSA) is 52.3 Å². The molecule has 0 aliphatic heterocycles. The lowest BCUT2D eigenvalue weighted by atomic mass is 10.1. The fourth-order valence-electron chi connectivity index (χ4n) is 1.91. The summed E-state index contributed by atoms with van der Waals surface area (Å²) in [4.78, 5) is 10.4. The Balaban J connectivity index is 2.17. The van der Waals surface area contributed by atoms with Crippen LogP contribution in [0.3, 0.4) is 0 Å². The molecule has 0 aromatic heterocycles. The number of carbonyl (C=O) groups excluding carboxylic acids is 1. The molecule has 1 radical (unpaired) electrons. The summed E-state index contributed by atoms with van der Waals surface area (Å²) in [6.07, 6.45) is 9.31. The van der Waals surface area contributed by atoms with E-state index in [1.165, 1.54) is 32.1 Å². The van der Waals surface area contributed by atoms with Crippen molar-refractivity contribution in [2.24, 2.45) is 5.73 Å². The van der Waals surface area contributed by atoms with E-state index in [2.05, 4.69) is 6.92 Å². The van der Waals surface area contributed by atoms with E-state index < -0.39 is 6.04 Å². The molecule has 1 aromatic carbocycles. The molecule has 19 heavy (non-hydrogen) atoms. The van der Waals surface area contributed by atoms with Crippen LogP contribution in [0.5, 0.6) is 5.75 Å². The molecular weight excluding hydrogens is 238 g/mol. The molecule has 1 rings (SSSR count). The maximum absolute atomic E-state index is 10.4. The Hall–Kier alpha value is -1.35. The maximum Gasteiger partial charge on any atom is 0.221 e. The fraction of sp³-hybridized carbons (Fsp3) is 0.562. The molecule has 1 unspecified atom stereocenters. The highest BCUT2D eigenvalue weighted by Gasteiger charge is 2.04. The van der Waals surface area contributed by atoms with Crippen molar-refractivity contribution in [1.82, 2.24) is 0 Å². The Morgan fingerprint density at radius 3 is 2.37 bits per heavy atom. The van der Waals surface area contributed by atoms with Crippen molar-refractivity contribution in [3.8, 4) is 5.75 Å². The van der Waals surface area contributed by atoms with Gasteiger partial charge in [0.25, 0.3) is 0 Å². The summed E-state index contributed by atoms with van der Waals surface area (Å²) in [7, 11) is 0. The molecule has 0 aliphatic rings. The van der Waals surface area contributed by atoms with Gasteiger partial charge >= 0.3 is 0 Å². The Bertz CT molecular complexity index is 348. The van der Waals surface area contributed by atoms with Gasteiger partial charge in [-0.25, -0.2) is 0 Å². The van der Waals surface area contributed by atoms with E-state index in [0.29, 0.717) is 0 Å². The van der Waals surface area contributed by atoms with E-state index in [4.69, 9.17) is 10.5 Å². The highest BCUT2D eigenvalue weighted by molar-refractivity contribution is 5.61. The fourth-order valence-corrected chi connectivity index (χ4v) is 1.91. The lowest BCUT2D eigenvalue weighted by Crippen LogP contribution is -2.10. The number of ether oxygens (including phenoxy) is 1. The van der Waals surface area contributed by atoms with Gasteiger partial charge < -0.3 is 10.5 Å². The summed E-state index contributed by atoms with van der Waals surface area (Å²) in [5, 5.41) is 0. The first-order valence-electron chi connectivity index (χ1n) is 7.14. The number of nitrogens with two attached hydrogens (primary N) is 1.